The summed E-state index contributed by atoms with van der Waals surface area (Å²) >= 11 is 0. The number of amides is 2. The molecule has 0 aliphatic carbocycles. The van der Waals surface area contributed by atoms with Crippen molar-refractivity contribution in [2.75, 3.05) is 13.2 Å². The minimum atomic E-state index is -1.02. The van der Waals surface area contributed by atoms with E-state index in [9.17, 15) is 19.5 Å². The molecule has 1 heterocycles. The lowest BCUT2D eigenvalue weighted by molar-refractivity contribution is 0.0457. The van der Waals surface area contributed by atoms with Crippen LogP contribution >= 0.6 is 0 Å². The number of hydrogen-bond acceptors (Lipinski definition) is 5. The van der Waals surface area contributed by atoms with Crippen LogP contribution in [-0.4, -0.2) is 46.9 Å². The van der Waals surface area contributed by atoms with Gasteiger partial charge in [0.05, 0.1) is 17.7 Å². The molecule has 0 radical (unpaired) electrons. The van der Waals surface area contributed by atoms with Crippen molar-refractivity contribution < 1.29 is 24.2 Å². The van der Waals surface area contributed by atoms with E-state index in [0.717, 1.165) is 4.90 Å². The number of nitrogens with zero attached hydrogens (tertiary/aromatic N) is 1. The number of fused-ring (bicyclic) bond motifs is 1. The average Bonchev–Trinajstić information content (AvgIpc) is 2.86. The van der Waals surface area contributed by atoms with Crippen molar-refractivity contribution in [1.82, 2.24) is 4.90 Å². The van der Waals surface area contributed by atoms with Crippen LogP contribution in [0.15, 0.2) is 48.5 Å². The maximum Gasteiger partial charge on any atom is 0.261 e. The molecule has 2 aromatic carbocycles. The van der Waals surface area contributed by atoms with E-state index in [1.807, 2.05) is 0 Å². The molecule has 2 amide bonds. The van der Waals surface area contributed by atoms with Crippen LogP contribution in [0.5, 0.6) is 5.75 Å². The first-order chi connectivity index (χ1) is 12.0. The normalized spacial score (nSPS) is 14.4. The molecular formula is C19H17NO5. The van der Waals surface area contributed by atoms with Gasteiger partial charge in [0.15, 0.2) is 5.78 Å². The third-order valence-corrected chi connectivity index (χ3v) is 3.97. The predicted molar refractivity (Wildman–Crippen MR) is 89.8 cm³/mol. The summed E-state index contributed by atoms with van der Waals surface area (Å²) < 4.78 is 5.45. The van der Waals surface area contributed by atoms with Crippen molar-refractivity contribution in [3.05, 3.63) is 65.2 Å². The fourth-order valence-electron chi connectivity index (χ4n) is 2.65. The van der Waals surface area contributed by atoms with E-state index < -0.39 is 17.9 Å². The third kappa shape index (κ3) is 3.44. The molecule has 0 spiro atoms. The molecule has 0 bridgehead atoms. The standard InChI is InChI=1S/C19H17NO5/c1-12(21)13-6-8-15(9-7-13)25-11-14(22)10-20-18(23)16-4-2-3-5-17(16)19(20)24/h2-9,14,22H,10-11H2,1H3/t14-/m1/s1. The molecule has 25 heavy (non-hydrogen) atoms. The lowest BCUT2D eigenvalue weighted by Gasteiger charge is -2.18. The number of ketones is 1. The number of carbonyl (C=O) groups excluding carboxylic acids is 3. The highest BCUT2D eigenvalue weighted by molar-refractivity contribution is 6.21. The Morgan fingerprint density at radius 2 is 1.60 bits per heavy atom. The lowest BCUT2D eigenvalue weighted by Crippen LogP contribution is -2.39. The molecule has 0 fully saturated rings. The van der Waals surface area contributed by atoms with Gasteiger partial charge in [0.25, 0.3) is 11.8 Å². The number of carbonyl (C=O) groups is 3. The fourth-order valence-corrected chi connectivity index (χ4v) is 2.65. The van der Waals surface area contributed by atoms with Gasteiger partial charge in [-0.05, 0) is 43.3 Å². The maximum absolute atomic E-state index is 12.2. The highest BCUT2D eigenvalue weighted by atomic mass is 16.5. The third-order valence-electron chi connectivity index (χ3n) is 3.97. The van der Waals surface area contributed by atoms with Gasteiger partial charge < -0.3 is 9.84 Å². The molecule has 1 atom stereocenters. The molecule has 128 valence electrons. The Hall–Kier alpha value is -2.99. The summed E-state index contributed by atoms with van der Waals surface area (Å²) in [4.78, 5) is 36.7. The SMILES string of the molecule is CC(=O)c1ccc(OC[C@H](O)CN2C(=O)c3ccccc3C2=O)cc1. The average molecular weight is 339 g/mol. The smallest absolute Gasteiger partial charge is 0.261 e. The van der Waals surface area contributed by atoms with Crippen molar-refractivity contribution >= 4 is 17.6 Å². The van der Waals surface area contributed by atoms with Gasteiger partial charge in [0, 0.05) is 5.56 Å². The molecule has 1 N–H and O–H groups in total. The quantitative estimate of drug-likeness (QED) is 0.642. The second-order valence-electron chi connectivity index (χ2n) is 5.81. The zero-order chi connectivity index (χ0) is 18.0. The summed E-state index contributed by atoms with van der Waals surface area (Å²) in [5.41, 5.74) is 1.26. The van der Waals surface area contributed by atoms with Gasteiger partial charge in [-0.25, -0.2) is 0 Å². The van der Waals surface area contributed by atoms with Crippen LogP contribution in [0.4, 0.5) is 0 Å². The first-order valence-corrected chi connectivity index (χ1v) is 7.84. The second-order valence-corrected chi connectivity index (χ2v) is 5.81. The maximum atomic E-state index is 12.2. The van der Waals surface area contributed by atoms with Crippen LogP contribution in [0.2, 0.25) is 0 Å². The van der Waals surface area contributed by atoms with Gasteiger partial charge in [0.1, 0.15) is 18.5 Å². The van der Waals surface area contributed by atoms with Gasteiger partial charge >= 0.3 is 0 Å². The molecule has 0 aromatic heterocycles. The van der Waals surface area contributed by atoms with Crippen molar-refractivity contribution in [3.63, 3.8) is 0 Å². The first kappa shape index (κ1) is 16.9. The largest absolute Gasteiger partial charge is 0.491 e. The number of ether oxygens (including phenoxy) is 1. The number of Topliss-reactive ketones (excluding diaryl/α,β-unsaturated/α-hetero) is 1. The highest BCUT2D eigenvalue weighted by Crippen LogP contribution is 2.22. The van der Waals surface area contributed by atoms with Crippen LogP contribution in [0.3, 0.4) is 0 Å². The van der Waals surface area contributed by atoms with Crippen molar-refractivity contribution in [3.8, 4) is 5.75 Å². The highest BCUT2D eigenvalue weighted by Gasteiger charge is 2.36. The number of aliphatic hydroxyl groups excluding tert-OH is 1. The molecule has 6 heteroatoms. The van der Waals surface area contributed by atoms with Crippen molar-refractivity contribution in [2.45, 2.75) is 13.0 Å². The van der Waals surface area contributed by atoms with Crippen LogP contribution in [0.1, 0.15) is 38.0 Å². The van der Waals surface area contributed by atoms with E-state index in [1.165, 1.54) is 6.92 Å². The van der Waals surface area contributed by atoms with Gasteiger partial charge in [-0.2, -0.15) is 0 Å². The Morgan fingerprint density at radius 3 is 2.12 bits per heavy atom. The lowest BCUT2D eigenvalue weighted by atomic mass is 10.1. The van der Waals surface area contributed by atoms with Gasteiger partial charge in [-0.15, -0.1) is 0 Å². The monoisotopic (exact) mass is 339 g/mol. The van der Waals surface area contributed by atoms with Gasteiger partial charge in [-0.3, -0.25) is 19.3 Å². The van der Waals surface area contributed by atoms with Crippen LogP contribution in [-0.2, 0) is 0 Å². The van der Waals surface area contributed by atoms with Crippen molar-refractivity contribution in [1.29, 1.82) is 0 Å². The molecule has 1 aliphatic heterocycles. The van der Waals surface area contributed by atoms with E-state index in [2.05, 4.69) is 0 Å². The Labute approximate surface area is 144 Å². The van der Waals surface area contributed by atoms with E-state index in [4.69, 9.17) is 4.74 Å². The number of aliphatic hydroxyl groups is 1. The molecule has 0 saturated carbocycles. The molecule has 0 unspecified atom stereocenters. The minimum Gasteiger partial charge on any atom is -0.491 e. The Balaban J connectivity index is 1.58. The van der Waals surface area contributed by atoms with E-state index in [0.29, 0.717) is 22.4 Å². The fraction of sp³-hybridized carbons (Fsp3) is 0.211. The van der Waals surface area contributed by atoms with E-state index in [1.54, 1.807) is 48.5 Å². The summed E-state index contributed by atoms with van der Waals surface area (Å²) in [6.07, 6.45) is -1.02. The summed E-state index contributed by atoms with van der Waals surface area (Å²) in [5, 5.41) is 10.1. The summed E-state index contributed by atoms with van der Waals surface area (Å²) in [6, 6.07) is 13.1. The number of benzene rings is 2. The zero-order valence-electron chi connectivity index (χ0n) is 13.6. The molecule has 2 aromatic rings. The van der Waals surface area contributed by atoms with E-state index >= 15 is 0 Å². The minimum absolute atomic E-state index is 0.0443. The Kier molecular flexibility index (Phi) is 4.63. The summed E-state index contributed by atoms with van der Waals surface area (Å²) in [5.74, 6) is -0.375. The van der Waals surface area contributed by atoms with E-state index in [-0.39, 0.29) is 18.9 Å². The van der Waals surface area contributed by atoms with Gasteiger partial charge in [-0.1, -0.05) is 12.1 Å². The second kappa shape index (κ2) is 6.86. The van der Waals surface area contributed by atoms with Crippen LogP contribution in [0, 0.1) is 0 Å². The molecule has 1 aliphatic rings. The molecule has 3 rings (SSSR count). The number of β-amino-alcohol motifs (C(OH)–C–C–N with tert-alkyl or cyclic N) is 1. The number of imide groups is 1. The number of hydrogen-bond donors (Lipinski definition) is 1. The van der Waals surface area contributed by atoms with Crippen LogP contribution in [0.25, 0.3) is 0 Å². The number of rotatable bonds is 6. The summed E-state index contributed by atoms with van der Waals surface area (Å²) in [7, 11) is 0. The van der Waals surface area contributed by atoms with Crippen molar-refractivity contribution in [2.24, 2.45) is 0 Å². The first-order valence-electron chi connectivity index (χ1n) is 7.84. The van der Waals surface area contributed by atoms with Crippen LogP contribution < -0.4 is 4.74 Å². The Morgan fingerprint density at radius 1 is 1.04 bits per heavy atom. The summed E-state index contributed by atoms with van der Waals surface area (Å²) in [6.45, 7) is 1.26. The molecule has 0 saturated heterocycles. The predicted octanol–water partition coefficient (Wildman–Crippen LogP) is 1.93. The zero-order valence-corrected chi connectivity index (χ0v) is 13.6. The van der Waals surface area contributed by atoms with Gasteiger partial charge in [0.2, 0.25) is 0 Å². The molecular weight excluding hydrogens is 322 g/mol. The topological polar surface area (TPSA) is 83.9 Å². The Bertz CT molecular complexity index is 793. The molecule has 6 nitrogen and oxygen atoms in total.